The van der Waals surface area contributed by atoms with Gasteiger partial charge in [-0.3, -0.25) is 9.59 Å². The highest BCUT2D eigenvalue weighted by atomic mass is 79.9. The van der Waals surface area contributed by atoms with Crippen molar-refractivity contribution in [1.29, 1.82) is 0 Å². The van der Waals surface area contributed by atoms with Crippen LogP contribution in [-0.2, 0) is 4.79 Å². The van der Waals surface area contributed by atoms with Gasteiger partial charge in [-0.25, -0.2) is 0 Å². The monoisotopic (exact) mass is 336 g/mol. The van der Waals surface area contributed by atoms with E-state index in [-0.39, 0.29) is 5.91 Å². The summed E-state index contributed by atoms with van der Waals surface area (Å²) in [6.07, 6.45) is 3.45. The highest BCUT2D eigenvalue weighted by Gasteiger charge is 2.34. The number of nitrogens with one attached hydrogen (secondary N) is 1. The van der Waals surface area contributed by atoms with Crippen molar-refractivity contribution in [3.05, 3.63) is 28.2 Å². The van der Waals surface area contributed by atoms with Crippen LogP contribution in [-0.4, -0.2) is 31.3 Å². The number of benzene rings is 1. The summed E-state index contributed by atoms with van der Waals surface area (Å²) in [5.74, 6) is 0.718. The van der Waals surface area contributed by atoms with Crippen LogP contribution in [0, 0.1) is 5.92 Å². The van der Waals surface area contributed by atoms with Crippen molar-refractivity contribution in [3.63, 3.8) is 0 Å². The maximum absolute atomic E-state index is 11.4. The van der Waals surface area contributed by atoms with Gasteiger partial charge < -0.3 is 10.2 Å². The number of hydrogen-bond acceptors (Lipinski definition) is 3. The topological polar surface area (TPSA) is 49.4 Å². The van der Waals surface area contributed by atoms with Crippen LogP contribution in [0.25, 0.3) is 0 Å². The first-order valence-electron chi connectivity index (χ1n) is 6.96. The van der Waals surface area contributed by atoms with E-state index in [9.17, 15) is 9.59 Å². The summed E-state index contributed by atoms with van der Waals surface area (Å²) < 4.78 is 0.959. The molecule has 2 aliphatic heterocycles. The van der Waals surface area contributed by atoms with Crippen LogP contribution in [0.4, 0.5) is 5.69 Å². The molecule has 2 atom stereocenters. The minimum absolute atomic E-state index is 0.191. The third-order valence-electron chi connectivity index (χ3n) is 4.27. The Labute approximate surface area is 126 Å². The van der Waals surface area contributed by atoms with Crippen molar-refractivity contribution in [3.8, 4) is 0 Å². The normalized spacial score (nSPS) is 25.9. The molecule has 1 aromatic rings. The Hall–Kier alpha value is -1.36. The number of piperidine rings is 2. The van der Waals surface area contributed by atoms with Gasteiger partial charge in [0.2, 0.25) is 5.91 Å². The highest BCUT2D eigenvalue weighted by Crippen LogP contribution is 2.33. The maximum atomic E-state index is 11.4. The van der Waals surface area contributed by atoms with Gasteiger partial charge in [0, 0.05) is 35.6 Å². The molecule has 1 aromatic carbocycles. The van der Waals surface area contributed by atoms with Gasteiger partial charge in [0.15, 0.2) is 0 Å². The van der Waals surface area contributed by atoms with Gasteiger partial charge in [-0.1, -0.05) is 0 Å². The fourth-order valence-corrected chi connectivity index (χ4v) is 3.83. The quantitative estimate of drug-likeness (QED) is 0.843. The Bertz CT molecular complexity index is 547. The number of halogens is 1. The van der Waals surface area contributed by atoms with E-state index in [2.05, 4.69) is 26.1 Å². The van der Waals surface area contributed by atoms with Crippen LogP contribution < -0.4 is 10.2 Å². The fraction of sp³-hybridized carbons (Fsp3) is 0.467. The van der Waals surface area contributed by atoms with Crippen LogP contribution >= 0.6 is 15.9 Å². The zero-order valence-corrected chi connectivity index (χ0v) is 12.7. The average Bonchev–Trinajstić information content (AvgIpc) is 2.46. The van der Waals surface area contributed by atoms with Gasteiger partial charge in [-0.15, -0.1) is 0 Å². The molecule has 0 aliphatic carbocycles. The summed E-state index contributed by atoms with van der Waals surface area (Å²) in [6.45, 7) is 1.89. The Kier molecular flexibility index (Phi) is 3.78. The van der Waals surface area contributed by atoms with Crippen molar-refractivity contribution in [2.24, 2.45) is 5.92 Å². The molecule has 5 heteroatoms. The van der Waals surface area contributed by atoms with Crippen molar-refractivity contribution < 1.29 is 9.59 Å². The van der Waals surface area contributed by atoms with Crippen molar-refractivity contribution in [2.75, 3.05) is 18.0 Å². The number of fused-ring (bicyclic) bond motifs is 1. The minimum atomic E-state index is 0.191. The lowest BCUT2D eigenvalue weighted by molar-refractivity contribution is -0.124. The van der Waals surface area contributed by atoms with Crippen molar-refractivity contribution >= 4 is 33.8 Å². The fourth-order valence-electron chi connectivity index (χ4n) is 3.18. The van der Waals surface area contributed by atoms with Gasteiger partial charge in [-0.05, 0) is 52.9 Å². The lowest BCUT2D eigenvalue weighted by Crippen LogP contribution is -2.54. The molecular formula is C15H17BrN2O2. The number of anilines is 1. The lowest BCUT2D eigenvalue weighted by atomic mass is 9.85. The summed E-state index contributed by atoms with van der Waals surface area (Å²) in [5, 5.41) is 3.10. The second-order valence-electron chi connectivity index (χ2n) is 5.54. The van der Waals surface area contributed by atoms with Crippen LogP contribution in [0.1, 0.15) is 29.6 Å². The number of rotatable bonds is 2. The van der Waals surface area contributed by atoms with Gasteiger partial charge in [-0.2, -0.15) is 0 Å². The highest BCUT2D eigenvalue weighted by molar-refractivity contribution is 9.10. The molecule has 2 fully saturated rings. The number of carbonyl (C=O) groups is 2. The summed E-state index contributed by atoms with van der Waals surface area (Å²) in [5.41, 5.74) is 1.81. The molecule has 3 rings (SSSR count). The Morgan fingerprint density at radius 1 is 1.35 bits per heavy atom. The van der Waals surface area contributed by atoms with Crippen LogP contribution in [0.2, 0.25) is 0 Å². The molecule has 2 heterocycles. The third kappa shape index (κ3) is 2.59. The molecule has 0 aromatic heterocycles. The van der Waals surface area contributed by atoms with E-state index in [4.69, 9.17) is 0 Å². The van der Waals surface area contributed by atoms with Gasteiger partial charge in [0.1, 0.15) is 6.29 Å². The second-order valence-corrected chi connectivity index (χ2v) is 6.39. The smallest absolute Gasteiger partial charge is 0.220 e. The number of nitrogens with zero attached hydrogens (tertiary/aromatic N) is 1. The van der Waals surface area contributed by atoms with E-state index < -0.39 is 0 Å². The number of hydrogen-bond donors (Lipinski definition) is 1. The predicted octanol–water partition coefficient (Wildman–Crippen LogP) is 2.37. The van der Waals surface area contributed by atoms with Gasteiger partial charge in [0.25, 0.3) is 0 Å². The lowest BCUT2D eigenvalue weighted by Gasteiger charge is -2.42. The maximum Gasteiger partial charge on any atom is 0.220 e. The van der Waals surface area contributed by atoms with E-state index in [0.717, 1.165) is 42.4 Å². The predicted molar refractivity (Wildman–Crippen MR) is 81.0 cm³/mol. The molecule has 2 saturated heterocycles. The Morgan fingerprint density at radius 3 is 2.95 bits per heavy atom. The molecule has 0 spiro atoms. The summed E-state index contributed by atoms with van der Waals surface area (Å²) in [6, 6.07) is 6.04. The van der Waals surface area contributed by atoms with Crippen LogP contribution in [0.15, 0.2) is 22.7 Å². The molecule has 0 saturated carbocycles. The minimum Gasteiger partial charge on any atom is -0.370 e. The molecule has 2 unspecified atom stereocenters. The SMILES string of the molecule is O=Cc1ccc(N2CCC3NC(=O)CCC3C2)c(Br)c1. The average molecular weight is 337 g/mol. The number of aldehydes is 1. The molecule has 20 heavy (non-hydrogen) atoms. The van der Waals surface area contributed by atoms with E-state index in [1.807, 2.05) is 18.2 Å². The second kappa shape index (κ2) is 5.56. The third-order valence-corrected chi connectivity index (χ3v) is 4.91. The molecule has 2 aliphatic rings. The molecule has 0 bridgehead atoms. The number of amides is 1. The zero-order chi connectivity index (χ0) is 14.1. The van der Waals surface area contributed by atoms with Crippen molar-refractivity contribution in [1.82, 2.24) is 5.32 Å². The largest absolute Gasteiger partial charge is 0.370 e. The molecule has 0 radical (unpaired) electrons. The van der Waals surface area contributed by atoms with E-state index >= 15 is 0 Å². The Balaban J connectivity index is 1.76. The molecule has 106 valence electrons. The summed E-state index contributed by atoms with van der Waals surface area (Å²) in [4.78, 5) is 24.6. The van der Waals surface area contributed by atoms with Gasteiger partial charge >= 0.3 is 0 Å². The van der Waals surface area contributed by atoms with Crippen LogP contribution in [0.3, 0.4) is 0 Å². The number of carbonyl (C=O) groups excluding carboxylic acids is 2. The zero-order valence-electron chi connectivity index (χ0n) is 11.1. The molecule has 1 amide bonds. The molecule has 4 nitrogen and oxygen atoms in total. The van der Waals surface area contributed by atoms with E-state index in [0.29, 0.717) is 23.9 Å². The first kappa shape index (κ1) is 13.6. The molecule has 1 N–H and O–H groups in total. The first-order valence-corrected chi connectivity index (χ1v) is 7.75. The standard InChI is InChI=1S/C15H17BrN2O2/c16-12-7-10(9-19)1-3-14(12)18-6-5-13-11(8-18)2-4-15(20)17-13/h1,3,7,9,11,13H,2,4-6,8H2,(H,17,20). The van der Waals surface area contributed by atoms with Crippen LogP contribution in [0.5, 0.6) is 0 Å². The van der Waals surface area contributed by atoms with Gasteiger partial charge in [0.05, 0.1) is 5.69 Å². The van der Waals surface area contributed by atoms with E-state index in [1.165, 1.54) is 0 Å². The molecular weight excluding hydrogens is 320 g/mol. The first-order chi connectivity index (χ1) is 9.67. The summed E-state index contributed by atoms with van der Waals surface area (Å²) >= 11 is 3.55. The van der Waals surface area contributed by atoms with E-state index in [1.54, 1.807) is 0 Å². The summed E-state index contributed by atoms with van der Waals surface area (Å²) in [7, 11) is 0. The van der Waals surface area contributed by atoms with Crippen molar-refractivity contribution in [2.45, 2.75) is 25.3 Å². The Morgan fingerprint density at radius 2 is 2.20 bits per heavy atom.